The molecule has 0 spiro atoms. The number of phenols is 1. The maximum absolute atomic E-state index is 10.8. The summed E-state index contributed by atoms with van der Waals surface area (Å²) in [7, 11) is 0. The molecule has 84 valence electrons. The molecule has 0 amide bonds. The molecule has 1 aromatic carbocycles. The van der Waals surface area contributed by atoms with Crippen molar-refractivity contribution in [2.24, 2.45) is 5.73 Å². The third-order valence-electron chi connectivity index (χ3n) is 2.26. The number of nitrogens with one attached hydrogen (secondary N) is 2. The number of hydrogen-bond acceptors (Lipinski definition) is 4. The number of rotatable bonds is 3. The number of aromatic hydroxyl groups is 1. The van der Waals surface area contributed by atoms with Gasteiger partial charge in [-0.2, -0.15) is 5.10 Å². The minimum atomic E-state index is -0.372. The van der Waals surface area contributed by atoms with E-state index in [1.165, 1.54) is 0 Å². The molecule has 0 fully saturated rings. The molecule has 0 bridgehead atoms. The summed E-state index contributed by atoms with van der Waals surface area (Å²) in [5.41, 5.74) is 6.47. The first kappa shape index (κ1) is 10.4. The lowest BCUT2D eigenvalue weighted by molar-refractivity contribution is 0.475. The number of aromatic nitrogens is 3. The van der Waals surface area contributed by atoms with Crippen LogP contribution in [0.3, 0.4) is 0 Å². The van der Waals surface area contributed by atoms with Gasteiger partial charge in [-0.15, -0.1) is 0 Å². The van der Waals surface area contributed by atoms with Crippen molar-refractivity contribution in [2.75, 3.05) is 0 Å². The highest BCUT2D eigenvalue weighted by atomic mass is 16.3. The zero-order valence-corrected chi connectivity index (χ0v) is 8.47. The minimum Gasteiger partial charge on any atom is -0.508 e. The molecule has 1 aromatic heterocycles. The smallest absolute Gasteiger partial charge is 0.340 e. The van der Waals surface area contributed by atoms with Crippen LogP contribution in [-0.4, -0.2) is 20.3 Å². The third-order valence-corrected chi connectivity index (χ3v) is 2.26. The van der Waals surface area contributed by atoms with E-state index >= 15 is 0 Å². The maximum Gasteiger partial charge on any atom is 0.340 e. The fraction of sp³-hybridized carbons (Fsp3) is 0.200. The summed E-state index contributed by atoms with van der Waals surface area (Å²) in [6.07, 6.45) is 0.543. The van der Waals surface area contributed by atoms with Crippen LogP contribution in [0.1, 0.15) is 17.4 Å². The molecule has 0 saturated carbocycles. The van der Waals surface area contributed by atoms with Crippen molar-refractivity contribution < 1.29 is 5.11 Å². The quantitative estimate of drug-likeness (QED) is 0.586. The van der Waals surface area contributed by atoms with Gasteiger partial charge >= 0.3 is 5.69 Å². The maximum atomic E-state index is 10.8. The van der Waals surface area contributed by atoms with Crippen LogP contribution in [0.4, 0.5) is 0 Å². The van der Waals surface area contributed by atoms with Crippen LogP contribution in [0.2, 0.25) is 0 Å². The molecule has 6 nitrogen and oxygen atoms in total. The van der Waals surface area contributed by atoms with E-state index in [9.17, 15) is 4.79 Å². The Kier molecular flexibility index (Phi) is 2.74. The predicted molar refractivity (Wildman–Crippen MR) is 57.9 cm³/mol. The first-order valence-electron chi connectivity index (χ1n) is 4.83. The molecule has 16 heavy (non-hydrogen) atoms. The standard InChI is InChI=1S/C10H12N4O2/c11-8(9-12-10(16)14-13-9)5-6-1-3-7(15)4-2-6/h1-4,8,15H,5,11H2,(H2,12,13,14,16)/t8-/m1/s1. The van der Waals surface area contributed by atoms with Crippen LogP contribution < -0.4 is 11.4 Å². The molecule has 6 heteroatoms. The minimum absolute atomic E-state index is 0.213. The molecule has 0 aliphatic heterocycles. The molecule has 0 aliphatic carbocycles. The van der Waals surface area contributed by atoms with Gasteiger partial charge in [0.15, 0.2) is 0 Å². The van der Waals surface area contributed by atoms with E-state index in [2.05, 4.69) is 15.2 Å². The van der Waals surface area contributed by atoms with Gasteiger partial charge in [0, 0.05) is 0 Å². The van der Waals surface area contributed by atoms with Crippen molar-refractivity contribution in [3.8, 4) is 5.75 Å². The van der Waals surface area contributed by atoms with Crippen molar-refractivity contribution in [1.82, 2.24) is 15.2 Å². The zero-order valence-electron chi connectivity index (χ0n) is 8.47. The Morgan fingerprint density at radius 3 is 2.62 bits per heavy atom. The second-order valence-corrected chi connectivity index (χ2v) is 3.54. The Hall–Kier alpha value is -2.08. The van der Waals surface area contributed by atoms with E-state index in [0.717, 1.165) is 5.56 Å². The number of nitrogens with two attached hydrogens (primary N) is 1. The summed E-state index contributed by atoms with van der Waals surface area (Å²) in [5, 5.41) is 15.1. The first-order valence-corrected chi connectivity index (χ1v) is 4.83. The van der Waals surface area contributed by atoms with Crippen molar-refractivity contribution >= 4 is 0 Å². The molecular formula is C10H12N4O2. The van der Waals surface area contributed by atoms with Gasteiger partial charge in [0.1, 0.15) is 11.6 Å². The predicted octanol–water partition coefficient (Wildman–Crippen LogP) is 0.0461. The highest BCUT2D eigenvalue weighted by molar-refractivity contribution is 5.26. The van der Waals surface area contributed by atoms with Gasteiger partial charge in [0.05, 0.1) is 6.04 Å². The summed E-state index contributed by atoms with van der Waals surface area (Å²) in [6, 6.07) is 6.37. The zero-order chi connectivity index (χ0) is 11.5. The lowest BCUT2D eigenvalue weighted by Gasteiger charge is -2.07. The van der Waals surface area contributed by atoms with Gasteiger partial charge in [-0.1, -0.05) is 12.1 Å². The normalized spacial score (nSPS) is 12.6. The summed E-state index contributed by atoms with van der Waals surface area (Å²) in [5.74, 6) is 0.642. The Balaban J connectivity index is 2.10. The number of phenolic OH excluding ortho intramolecular Hbond substituents is 1. The highest BCUT2D eigenvalue weighted by Crippen LogP contribution is 2.14. The first-order chi connectivity index (χ1) is 7.65. The molecule has 0 radical (unpaired) electrons. The fourth-order valence-electron chi connectivity index (χ4n) is 1.44. The van der Waals surface area contributed by atoms with Crippen molar-refractivity contribution in [3.63, 3.8) is 0 Å². The van der Waals surface area contributed by atoms with Crippen LogP contribution in [0, 0.1) is 0 Å². The van der Waals surface area contributed by atoms with E-state index in [1.54, 1.807) is 24.3 Å². The topological polar surface area (TPSA) is 108 Å². The molecule has 1 atom stereocenters. The number of nitrogens with zero attached hydrogens (tertiary/aromatic N) is 1. The van der Waals surface area contributed by atoms with Crippen LogP contribution in [0.25, 0.3) is 0 Å². The SMILES string of the molecule is N[C@H](Cc1ccc(O)cc1)c1n[nH]c(=O)[nH]1. The van der Waals surface area contributed by atoms with Crippen molar-refractivity contribution in [3.05, 3.63) is 46.1 Å². The molecule has 0 saturated heterocycles. The van der Waals surface area contributed by atoms with Crippen LogP contribution in [0.5, 0.6) is 5.75 Å². The summed E-state index contributed by atoms with van der Waals surface area (Å²) in [4.78, 5) is 13.3. The largest absolute Gasteiger partial charge is 0.508 e. The average molecular weight is 220 g/mol. The van der Waals surface area contributed by atoms with Gasteiger partial charge in [-0.3, -0.25) is 4.98 Å². The lowest BCUT2D eigenvalue weighted by Crippen LogP contribution is -2.16. The molecule has 2 rings (SSSR count). The lowest BCUT2D eigenvalue weighted by atomic mass is 10.1. The molecule has 2 aromatic rings. The van der Waals surface area contributed by atoms with Crippen molar-refractivity contribution in [1.29, 1.82) is 0 Å². The summed E-state index contributed by atoms with van der Waals surface area (Å²) in [6.45, 7) is 0. The molecule has 1 heterocycles. The van der Waals surface area contributed by atoms with E-state index in [0.29, 0.717) is 12.2 Å². The van der Waals surface area contributed by atoms with Gasteiger partial charge in [-0.25, -0.2) is 9.89 Å². The molecule has 0 unspecified atom stereocenters. The number of benzene rings is 1. The third kappa shape index (κ3) is 2.29. The summed E-state index contributed by atoms with van der Waals surface area (Å²) < 4.78 is 0. The molecule has 5 N–H and O–H groups in total. The van der Waals surface area contributed by atoms with Gasteiger partial charge in [0.25, 0.3) is 0 Å². The second kappa shape index (κ2) is 4.19. The second-order valence-electron chi connectivity index (χ2n) is 3.54. The van der Waals surface area contributed by atoms with Gasteiger partial charge < -0.3 is 10.8 Å². The van der Waals surface area contributed by atoms with Crippen LogP contribution in [-0.2, 0) is 6.42 Å². The van der Waals surface area contributed by atoms with Crippen molar-refractivity contribution in [2.45, 2.75) is 12.5 Å². The number of H-pyrrole nitrogens is 2. The number of hydrogen-bond donors (Lipinski definition) is 4. The molecule has 0 aliphatic rings. The Morgan fingerprint density at radius 2 is 2.06 bits per heavy atom. The number of aromatic amines is 2. The van der Waals surface area contributed by atoms with E-state index in [-0.39, 0.29) is 17.5 Å². The van der Waals surface area contributed by atoms with Gasteiger partial charge in [-0.05, 0) is 24.1 Å². The monoisotopic (exact) mass is 220 g/mol. The fourth-order valence-corrected chi connectivity index (χ4v) is 1.44. The van der Waals surface area contributed by atoms with Gasteiger partial charge in [0.2, 0.25) is 0 Å². The van der Waals surface area contributed by atoms with E-state index in [1.807, 2.05) is 0 Å². The molecular weight excluding hydrogens is 208 g/mol. The van der Waals surface area contributed by atoms with Crippen LogP contribution in [0.15, 0.2) is 29.1 Å². The van der Waals surface area contributed by atoms with Crippen LogP contribution >= 0.6 is 0 Å². The highest BCUT2D eigenvalue weighted by Gasteiger charge is 2.10. The Labute approximate surface area is 91.1 Å². The Bertz CT molecular complexity index is 514. The Morgan fingerprint density at radius 1 is 1.38 bits per heavy atom. The average Bonchev–Trinajstić information content (AvgIpc) is 2.68. The van der Waals surface area contributed by atoms with E-state index < -0.39 is 0 Å². The van der Waals surface area contributed by atoms with E-state index in [4.69, 9.17) is 10.8 Å². The summed E-state index contributed by atoms with van der Waals surface area (Å²) >= 11 is 0.